The lowest BCUT2D eigenvalue weighted by Crippen LogP contribution is -2.24. The van der Waals surface area contributed by atoms with Crippen LogP contribution in [0.1, 0.15) is 5.56 Å². The van der Waals surface area contributed by atoms with Gasteiger partial charge in [-0.3, -0.25) is 14.9 Å². The van der Waals surface area contributed by atoms with Crippen LogP contribution in [0.5, 0.6) is 5.75 Å². The van der Waals surface area contributed by atoms with E-state index in [0.717, 1.165) is 10.0 Å². The molecule has 1 amide bonds. The molecule has 1 N–H and O–H groups in total. The number of hydrogen-bond donors (Lipinski definition) is 1. The molecule has 0 aromatic heterocycles. The minimum Gasteiger partial charge on any atom is -0.477 e. The van der Waals surface area contributed by atoms with Crippen LogP contribution in [0.15, 0.2) is 56.5 Å². The molecule has 24 heavy (non-hydrogen) atoms. The van der Waals surface area contributed by atoms with E-state index < -0.39 is 10.8 Å². The fourth-order valence-electron chi connectivity index (χ4n) is 1.66. The molecule has 2 aromatic rings. The lowest BCUT2D eigenvalue weighted by molar-refractivity contribution is -0.385. The number of halogens is 2. The predicted molar refractivity (Wildman–Crippen MR) is 96.2 cm³/mol. The zero-order valence-electron chi connectivity index (χ0n) is 12.1. The number of nitro groups is 1. The summed E-state index contributed by atoms with van der Waals surface area (Å²) in [5.41, 5.74) is 2.87. The molecule has 0 aliphatic carbocycles. The van der Waals surface area contributed by atoms with Crippen molar-refractivity contribution in [3.05, 3.63) is 67.1 Å². The average Bonchev–Trinajstić information content (AvgIpc) is 2.55. The minimum atomic E-state index is -0.580. The Labute approximate surface area is 154 Å². The van der Waals surface area contributed by atoms with E-state index in [1.165, 1.54) is 18.3 Å². The molecule has 2 rings (SSSR count). The summed E-state index contributed by atoms with van der Waals surface area (Å²) in [6, 6.07) is 11.6. The first-order chi connectivity index (χ1) is 11.5. The van der Waals surface area contributed by atoms with Gasteiger partial charge in [-0.05, 0) is 29.8 Å². The van der Waals surface area contributed by atoms with Gasteiger partial charge in [0.15, 0.2) is 12.4 Å². The van der Waals surface area contributed by atoms with Gasteiger partial charge in [0.1, 0.15) is 0 Å². The Bertz CT molecular complexity index is 779. The second-order valence-corrected chi connectivity index (χ2v) is 6.33. The number of hydrogen-bond acceptors (Lipinski definition) is 5. The van der Waals surface area contributed by atoms with Gasteiger partial charge >= 0.3 is 5.69 Å². The average molecular weight is 457 g/mol. The highest BCUT2D eigenvalue weighted by Crippen LogP contribution is 2.29. The third kappa shape index (κ3) is 5.43. The summed E-state index contributed by atoms with van der Waals surface area (Å²) in [5.74, 6) is -0.518. The van der Waals surface area contributed by atoms with Crippen LogP contribution in [0.2, 0.25) is 0 Å². The van der Waals surface area contributed by atoms with E-state index in [1.807, 2.05) is 24.3 Å². The van der Waals surface area contributed by atoms with Crippen LogP contribution >= 0.6 is 31.9 Å². The summed E-state index contributed by atoms with van der Waals surface area (Å²) in [5, 5.41) is 14.7. The lowest BCUT2D eigenvalue weighted by atomic mass is 10.2. The van der Waals surface area contributed by atoms with Crippen LogP contribution in [0, 0.1) is 10.1 Å². The first kappa shape index (κ1) is 18.1. The number of nitrogens with one attached hydrogen (secondary N) is 1. The Morgan fingerprint density at radius 2 is 1.88 bits per heavy atom. The smallest absolute Gasteiger partial charge is 0.312 e. The Balaban J connectivity index is 1.89. The SMILES string of the molecule is O=C(COc1ccc(Br)cc1[N+](=O)[O-])N/N=C\c1ccc(Br)cc1. The van der Waals surface area contributed by atoms with E-state index in [1.54, 1.807) is 6.07 Å². The monoisotopic (exact) mass is 455 g/mol. The van der Waals surface area contributed by atoms with E-state index in [-0.39, 0.29) is 18.0 Å². The molecular formula is C15H11Br2N3O4. The summed E-state index contributed by atoms with van der Waals surface area (Å²) in [4.78, 5) is 22.0. The van der Waals surface area contributed by atoms with Gasteiger partial charge in [0.05, 0.1) is 11.1 Å². The maximum atomic E-state index is 11.7. The summed E-state index contributed by atoms with van der Waals surface area (Å²) in [7, 11) is 0. The molecule has 2 aromatic carbocycles. The fourth-order valence-corrected chi connectivity index (χ4v) is 2.27. The van der Waals surface area contributed by atoms with Gasteiger partial charge < -0.3 is 4.74 Å². The largest absolute Gasteiger partial charge is 0.477 e. The zero-order valence-corrected chi connectivity index (χ0v) is 15.3. The second kappa shape index (κ2) is 8.55. The molecule has 0 radical (unpaired) electrons. The van der Waals surface area contributed by atoms with E-state index in [4.69, 9.17) is 4.74 Å². The summed E-state index contributed by atoms with van der Waals surface area (Å²) in [6.45, 7) is -0.389. The van der Waals surface area contributed by atoms with Gasteiger partial charge in [-0.15, -0.1) is 0 Å². The number of benzene rings is 2. The minimum absolute atomic E-state index is 0.00948. The van der Waals surface area contributed by atoms with Gasteiger partial charge in [0.25, 0.3) is 5.91 Å². The summed E-state index contributed by atoms with van der Waals surface area (Å²) in [6.07, 6.45) is 1.48. The van der Waals surface area contributed by atoms with E-state index in [0.29, 0.717) is 4.47 Å². The van der Waals surface area contributed by atoms with Gasteiger partial charge in [-0.1, -0.05) is 44.0 Å². The van der Waals surface area contributed by atoms with Crippen molar-refractivity contribution in [1.82, 2.24) is 5.43 Å². The maximum Gasteiger partial charge on any atom is 0.312 e. The van der Waals surface area contributed by atoms with Crippen LogP contribution in [0.25, 0.3) is 0 Å². The highest BCUT2D eigenvalue weighted by Gasteiger charge is 2.16. The van der Waals surface area contributed by atoms with Gasteiger partial charge in [0.2, 0.25) is 0 Å². The summed E-state index contributed by atoms with van der Waals surface area (Å²) < 4.78 is 6.66. The maximum absolute atomic E-state index is 11.7. The standard InChI is InChI=1S/C15H11Br2N3O4/c16-11-3-1-10(2-4-11)8-18-19-15(21)9-24-14-6-5-12(17)7-13(14)20(22)23/h1-8H,9H2,(H,19,21)/b18-8-. The van der Waals surface area contributed by atoms with Crippen LogP contribution in [0.4, 0.5) is 5.69 Å². The highest BCUT2D eigenvalue weighted by molar-refractivity contribution is 9.10. The number of nitro benzene ring substituents is 1. The molecule has 0 unspecified atom stereocenters. The number of ether oxygens (including phenoxy) is 1. The number of carbonyl (C=O) groups excluding carboxylic acids is 1. The molecule has 0 bridgehead atoms. The molecular weight excluding hydrogens is 446 g/mol. The quantitative estimate of drug-likeness (QED) is 0.407. The molecule has 0 saturated carbocycles. The molecule has 0 aliphatic rings. The fraction of sp³-hybridized carbons (Fsp3) is 0.0667. The third-order valence-electron chi connectivity index (χ3n) is 2.75. The van der Waals surface area contributed by atoms with Crippen LogP contribution < -0.4 is 10.2 Å². The predicted octanol–water partition coefficient (Wildman–Crippen LogP) is 3.65. The van der Waals surface area contributed by atoms with Crippen LogP contribution in [-0.2, 0) is 4.79 Å². The van der Waals surface area contributed by atoms with Crippen molar-refractivity contribution in [2.75, 3.05) is 6.61 Å². The lowest BCUT2D eigenvalue weighted by Gasteiger charge is -2.06. The van der Waals surface area contributed by atoms with Crippen molar-refractivity contribution in [1.29, 1.82) is 0 Å². The normalized spacial score (nSPS) is 10.6. The molecule has 124 valence electrons. The first-order valence-electron chi connectivity index (χ1n) is 6.60. The zero-order chi connectivity index (χ0) is 17.5. The second-order valence-electron chi connectivity index (χ2n) is 4.50. The highest BCUT2D eigenvalue weighted by atomic mass is 79.9. The van der Waals surface area contributed by atoms with Gasteiger partial charge in [-0.2, -0.15) is 5.10 Å². The molecule has 0 saturated heterocycles. The van der Waals surface area contributed by atoms with Crippen molar-refractivity contribution < 1.29 is 14.5 Å². The van der Waals surface area contributed by atoms with E-state index in [2.05, 4.69) is 42.4 Å². The number of rotatable bonds is 6. The van der Waals surface area contributed by atoms with Crippen LogP contribution in [-0.4, -0.2) is 23.7 Å². The van der Waals surface area contributed by atoms with Crippen molar-refractivity contribution in [3.8, 4) is 5.75 Å². The molecule has 9 heteroatoms. The van der Waals surface area contributed by atoms with Gasteiger partial charge in [0, 0.05) is 15.0 Å². The number of amides is 1. The van der Waals surface area contributed by atoms with Crippen molar-refractivity contribution in [2.45, 2.75) is 0 Å². The Morgan fingerprint density at radius 3 is 2.54 bits per heavy atom. The molecule has 0 spiro atoms. The number of carbonyl (C=O) groups is 1. The Morgan fingerprint density at radius 1 is 1.21 bits per heavy atom. The topological polar surface area (TPSA) is 93.8 Å². The third-order valence-corrected chi connectivity index (χ3v) is 3.77. The number of hydrazone groups is 1. The molecule has 0 heterocycles. The number of nitrogens with zero attached hydrogens (tertiary/aromatic N) is 2. The van der Waals surface area contributed by atoms with Gasteiger partial charge in [-0.25, -0.2) is 5.43 Å². The molecule has 7 nitrogen and oxygen atoms in total. The first-order valence-corrected chi connectivity index (χ1v) is 8.18. The molecule has 0 fully saturated rings. The van der Waals surface area contributed by atoms with E-state index >= 15 is 0 Å². The Hall–Kier alpha value is -2.26. The Kier molecular flexibility index (Phi) is 6.44. The summed E-state index contributed by atoms with van der Waals surface area (Å²) >= 11 is 6.46. The van der Waals surface area contributed by atoms with Crippen molar-refractivity contribution in [2.24, 2.45) is 5.10 Å². The molecule has 0 aliphatic heterocycles. The van der Waals surface area contributed by atoms with Crippen LogP contribution in [0.3, 0.4) is 0 Å². The molecule has 0 atom stereocenters. The van der Waals surface area contributed by atoms with Crippen molar-refractivity contribution in [3.63, 3.8) is 0 Å². The van der Waals surface area contributed by atoms with Crippen molar-refractivity contribution >= 4 is 49.7 Å². The van der Waals surface area contributed by atoms with E-state index in [9.17, 15) is 14.9 Å².